The highest BCUT2D eigenvalue weighted by molar-refractivity contribution is 9.10. The third-order valence-electron chi connectivity index (χ3n) is 5.07. The number of aromatic nitrogens is 3. The summed E-state index contributed by atoms with van der Waals surface area (Å²) in [5, 5.41) is 15.1. The molecule has 0 aliphatic carbocycles. The van der Waals surface area contributed by atoms with Gasteiger partial charge in [-0.25, -0.2) is 0 Å². The van der Waals surface area contributed by atoms with Crippen LogP contribution in [0.15, 0.2) is 70.8 Å². The van der Waals surface area contributed by atoms with Crippen LogP contribution in [0.4, 0.5) is 5.69 Å². The molecule has 2 aromatic carbocycles. The lowest BCUT2D eigenvalue weighted by atomic mass is 10.0. The van der Waals surface area contributed by atoms with Crippen molar-refractivity contribution < 1.29 is 9.59 Å². The maximum Gasteiger partial charge on any atom is 0.251 e. The van der Waals surface area contributed by atoms with Crippen molar-refractivity contribution in [2.45, 2.75) is 44.4 Å². The number of rotatable bonds is 10. The number of hydrogen-bond acceptors (Lipinski definition) is 5. The van der Waals surface area contributed by atoms with Crippen LogP contribution in [0, 0.1) is 0 Å². The first-order chi connectivity index (χ1) is 16.3. The summed E-state index contributed by atoms with van der Waals surface area (Å²) in [6.07, 6.45) is 1.74. The van der Waals surface area contributed by atoms with Crippen molar-refractivity contribution >= 4 is 45.2 Å². The molecular formula is C25H28BrN5O2S. The van der Waals surface area contributed by atoms with Crippen LogP contribution in [-0.4, -0.2) is 32.3 Å². The van der Waals surface area contributed by atoms with Crippen LogP contribution < -0.4 is 10.6 Å². The van der Waals surface area contributed by atoms with Crippen molar-refractivity contribution in [1.82, 2.24) is 20.1 Å². The van der Waals surface area contributed by atoms with E-state index < -0.39 is 0 Å². The van der Waals surface area contributed by atoms with Gasteiger partial charge in [-0.1, -0.05) is 65.8 Å². The summed E-state index contributed by atoms with van der Waals surface area (Å²) < 4.78 is 2.84. The van der Waals surface area contributed by atoms with E-state index in [1.165, 1.54) is 11.8 Å². The Morgan fingerprint density at radius 1 is 1.15 bits per heavy atom. The molecule has 0 bridgehead atoms. The van der Waals surface area contributed by atoms with Crippen LogP contribution >= 0.6 is 27.7 Å². The minimum absolute atomic E-state index is 0.130. The summed E-state index contributed by atoms with van der Waals surface area (Å²) in [5.41, 5.74) is 2.44. The minimum Gasteiger partial charge on any atom is -0.342 e. The molecule has 178 valence electrons. The number of amides is 2. The normalized spacial score (nSPS) is 11.8. The Balaban J connectivity index is 1.68. The summed E-state index contributed by atoms with van der Waals surface area (Å²) >= 11 is 4.78. The highest BCUT2D eigenvalue weighted by atomic mass is 79.9. The second-order valence-corrected chi connectivity index (χ2v) is 9.88. The Labute approximate surface area is 212 Å². The molecule has 0 radical (unpaired) electrons. The Morgan fingerprint density at radius 3 is 2.56 bits per heavy atom. The molecule has 3 aromatic rings. The Bertz CT molecular complexity index is 1160. The fraction of sp³-hybridized carbons (Fsp3) is 0.280. The number of allylic oxidation sites excluding steroid dienone is 1. The van der Waals surface area contributed by atoms with Crippen LogP contribution in [0.1, 0.15) is 54.5 Å². The van der Waals surface area contributed by atoms with Gasteiger partial charge in [0.05, 0.1) is 11.8 Å². The molecule has 0 unspecified atom stereocenters. The number of nitrogens with zero attached hydrogens (tertiary/aromatic N) is 3. The van der Waals surface area contributed by atoms with Gasteiger partial charge in [-0.3, -0.25) is 9.59 Å². The second kappa shape index (κ2) is 12.0. The van der Waals surface area contributed by atoms with E-state index in [1.807, 2.05) is 47.9 Å². The van der Waals surface area contributed by atoms with Gasteiger partial charge >= 0.3 is 0 Å². The van der Waals surface area contributed by atoms with Crippen LogP contribution in [0.2, 0.25) is 0 Å². The predicted octanol–water partition coefficient (Wildman–Crippen LogP) is 5.57. The Morgan fingerprint density at radius 2 is 1.88 bits per heavy atom. The summed E-state index contributed by atoms with van der Waals surface area (Å²) in [4.78, 5) is 25.2. The zero-order valence-electron chi connectivity index (χ0n) is 19.4. The highest BCUT2D eigenvalue weighted by Crippen LogP contribution is 2.28. The van der Waals surface area contributed by atoms with Crippen molar-refractivity contribution in [2.24, 2.45) is 0 Å². The predicted molar refractivity (Wildman–Crippen MR) is 140 cm³/mol. The SMILES string of the molecule is C=CCn1c(SCC(=O)Nc2ccc(Br)cc2C(C)C)nnc1[C@@H](C)NC(=O)c1ccccc1. The molecule has 2 amide bonds. The van der Waals surface area contributed by atoms with Gasteiger partial charge in [-0.15, -0.1) is 16.8 Å². The smallest absolute Gasteiger partial charge is 0.251 e. The van der Waals surface area contributed by atoms with Crippen molar-refractivity contribution in [3.05, 3.63) is 82.6 Å². The van der Waals surface area contributed by atoms with Gasteiger partial charge < -0.3 is 15.2 Å². The molecule has 0 saturated carbocycles. The molecule has 0 fully saturated rings. The third-order valence-corrected chi connectivity index (χ3v) is 6.53. The maximum atomic E-state index is 12.7. The van der Waals surface area contributed by atoms with Crippen molar-refractivity contribution in [3.63, 3.8) is 0 Å². The molecule has 0 spiro atoms. The molecule has 7 nitrogen and oxygen atoms in total. The molecule has 0 saturated heterocycles. The van der Waals surface area contributed by atoms with E-state index in [0.29, 0.717) is 23.1 Å². The number of benzene rings is 2. The van der Waals surface area contributed by atoms with Crippen LogP contribution in [-0.2, 0) is 11.3 Å². The minimum atomic E-state index is -0.375. The van der Waals surface area contributed by atoms with E-state index in [4.69, 9.17) is 0 Å². The average molecular weight is 543 g/mol. The molecule has 1 heterocycles. The monoisotopic (exact) mass is 541 g/mol. The first kappa shape index (κ1) is 25.7. The number of anilines is 1. The number of hydrogen-bond donors (Lipinski definition) is 2. The van der Waals surface area contributed by atoms with E-state index >= 15 is 0 Å². The Kier molecular flexibility index (Phi) is 9.06. The van der Waals surface area contributed by atoms with Gasteiger partial charge in [0.25, 0.3) is 5.91 Å². The number of halogens is 1. The molecular weight excluding hydrogens is 514 g/mol. The lowest BCUT2D eigenvalue weighted by Gasteiger charge is -2.16. The Hall–Kier alpha value is -2.91. The van der Waals surface area contributed by atoms with E-state index in [9.17, 15) is 9.59 Å². The molecule has 3 rings (SSSR count). The van der Waals surface area contributed by atoms with E-state index in [-0.39, 0.29) is 29.5 Å². The summed E-state index contributed by atoms with van der Waals surface area (Å²) in [6, 6.07) is 14.5. The van der Waals surface area contributed by atoms with E-state index in [0.717, 1.165) is 15.7 Å². The average Bonchev–Trinajstić information content (AvgIpc) is 3.22. The van der Waals surface area contributed by atoms with Crippen molar-refractivity contribution in [1.29, 1.82) is 0 Å². The summed E-state index contributed by atoms with van der Waals surface area (Å²) in [5.74, 6) is 0.723. The van der Waals surface area contributed by atoms with Gasteiger partial charge in [-0.2, -0.15) is 0 Å². The maximum absolute atomic E-state index is 12.7. The number of nitrogens with one attached hydrogen (secondary N) is 2. The van der Waals surface area contributed by atoms with E-state index in [2.05, 4.69) is 57.2 Å². The van der Waals surface area contributed by atoms with Crippen LogP contribution in [0.25, 0.3) is 0 Å². The summed E-state index contributed by atoms with van der Waals surface area (Å²) in [6.45, 7) is 10.3. The molecule has 0 aliphatic rings. The largest absolute Gasteiger partial charge is 0.342 e. The lowest BCUT2D eigenvalue weighted by molar-refractivity contribution is -0.113. The first-order valence-corrected chi connectivity index (χ1v) is 12.7. The second-order valence-electron chi connectivity index (χ2n) is 8.02. The third kappa shape index (κ3) is 6.57. The molecule has 0 aliphatic heterocycles. The highest BCUT2D eigenvalue weighted by Gasteiger charge is 2.20. The standard InChI is InChI=1S/C25H28BrN5O2S/c1-5-13-31-23(17(4)27-24(33)18-9-7-6-8-10-18)29-30-25(31)34-15-22(32)28-21-12-11-19(26)14-20(21)16(2)3/h5-12,14,16-17H,1,13,15H2,2-4H3,(H,27,33)(H,28,32)/t17-/m1/s1. The fourth-order valence-electron chi connectivity index (χ4n) is 3.40. The van der Waals surface area contributed by atoms with Gasteiger partial charge in [0.15, 0.2) is 11.0 Å². The number of thioether (sulfide) groups is 1. The van der Waals surface area contributed by atoms with E-state index in [1.54, 1.807) is 18.2 Å². The van der Waals surface area contributed by atoms with Crippen LogP contribution in [0.5, 0.6) is 0 Å². The van der Waals surface area contributed by atoms with Gasteiger partial charge in [0.1, 0.15) is 0 Å². The van der Waals surface area contributed by atoms with Gasteiger partial charge in [0.2, 0.25) is 5.91 Å². The summed E-state index contributed by atoms with van der Waals surface area (Å²) in [7, 11) is 0. The molecule has 2 N–H and O–H groups in total. The molecule has 9 heteroatoms. The molecule has 34 heavy (non-hydrogen) atoms. The number of carbonyl (C=O) groups excluding carboxylic acids is 2. The zero-order valence-corrected chi connectivity index (χ0v) is 21.8. The molecule has 1 aromatic heterocycles. The van der Waals surface area contributed by atoms with Crippen molar-refractivity contribution in [3.8, 4) is 0 Å². The van der Waals surface area contributed by atoms with Crippen LogP contribution in [0.3, 0.4) is 0 Å². The number of carbonyl (C=O) groups is 2. The lowest BCUT2D eigenvalue weighted by Crippen LogP contribution is -2.28. The quantitative estimate of drug-likeness (QED) is 0.258. The molecule has 1 atom stereocenters. The topological polar surface area (TPSA) is 88.9 Å². The fourth-order valence-corrected chi connectivity index (χ4v) is 4.54. The first-order valence-electron chi connectivity index (χ1n) is 10.9. The van der Waals surface area contributed by atoms with Gasteiger partial charge in [0, 0.05) is 22.3 Å². The van der Waals surface area contributed by atoms with Gasteiger partial charge in [-0.05, 0) is 48.7 Å². The van der Waals surface area contributed by atoms with Crippen molar-refractivity contribution in [2.75, 3.05) is 11.1 Å². The zero-order chi connectivity index (χ0) is 24.7.